The van der Waals surface area contributed by atoms with E-state index in [1.165, 1.54) is 0 Å². The van der Waals surface area contributed by atoms with Gasteiger partial charge in [-0.3, -0.25) is 0 Å². The summed E-state index contributed by atoms with van der Waals surface area (Å²) in [5.74, 6) is 0.743. The highest BCUT2D eigenvalue weighted by molar-refractivity contribution is 7.09. The van der Waals surface area contributed by atoms with Crippen molar-refractivity contribution in [3.8, 4) is 5.75 Å². The van der Waals surface area contributed by atoms with E-state index in [4.69, 9.17) is 4.74 Å². The molecule has 2 aromatic rings. The summed E-state index contributed by atoms with van der Waals surface area (Å²) in [6.07, 6.45) is 2.73. The van der Waals surface area contributed by atoms with Crippen LogP contribution in [0.5, 0.6) is 5.75 Å². The highest BCUT2D eigenvalue weighted by Crippen LogP contribution is 2.29. The molecule has 0 aliphatic rings. The Labute approximate surface area is 111 Å². The fourth-order valence-corrected chi connectivity index (χ4v) is 2.54. The van der Waals surface area contributed by atoms with Gasteiger partial charge in [0.05, 0.1) is 18.2 Å². The molecular formula is C14H17NO2S. The summed E-state index contributed by atoms with van der Waals surface area (Å²) in [5.41, 5.74) is 1.98. The zero-order valence-corrected chi connectivity index (χ0v) is 11.4. The Hall–Kier alpha value is -1.39. The minimum atomic E-state index is -0.510. The lowest BCUT2D eigenvalue weighted by Crippen LogP contribution is -2.02. The zero-order chi connectivity index (χ0) is 13.0. The number of aromatic nitrogens is 1. The van der Waals surface area contributed by atoms with Gasteiger partial charge in [-0.1, -0.05) is 11.6 Å². The summed E-state index contributed by atoms with van der Waals surface area (Å²) in [7, 11) is 1.63. The first-order chi connectivity index (χ1) is 8.70. The molecule has 1 aromatic heterocycles. The number of nitrogens with zero attached hydrogens (tertiary/aromatic N) is 1. The highest BCUT2D eigenvalue weighted by atomic mass is 32.1. The van der Waals surface area contributed by atoms with Gasteiger partial charge in [0.1, 0.15) is 5.75 Å². The number of hydrogen-bond acceptors (Lipinski definition) is 4. The van der Waals surface area contributed by atoms with Crippen molar-refractivity contribution in [2.24, 2.45) is 0 Å². The van der Waals surface area contributed by atoms with Gasteiger partial charge < -0.3 is 9.84 Å². The Morgan fingerprint density at radius 3 is 2.94 bits per heavy atom. The van der Waals surface area contributed by atoms with Crippen molar-refractivity contribution in [1.29, 1.82) is 0 Å². The van der Waals surface area contributed by atoms with Crippen LogP contribution in [0.4, 0.5) is 0 Å². The van der Waals surface area contributed by atoms with Crippen molar-refractivity contribution >= 4 is 11.3 Å². The topological polar surface area (TPSA) is 42.4 Å². The van der Waals surface area contributed by atoms with E-state index in [1.807, 2.05) is 30.5 Å². The van der Waals surface area contributed by atoms with Crippen LogP contribution in [0.25, 0.3) is 0 Å². The first-order valence-electron chi connectivity index (χ1n) is 5.91. The van der Waals surface area contributed by atoms with Gasteiger partial charge in [-0.25, -0.2) is 4.98 Å². The van der Waals surface area contributed by atoms with Crippen LogP contribution < -0.4 is 4.74 Å². The summed E-state index contributed by atoms with van der Waals surface area (Å²) < 4.78 is 5.29. The molecule has 0 radical (unpaired) electrons. The fraction of sp³-hybridized carbons (Fsp3) is 0.357. The molecule has 3 nitrogen and oxygen atoms in total. The second-order valence-corrected chi connectivity index (χ2v) is 5.20. The first kappa shape index (κ1) is 13.1. The molecule has 0 bridgehead atoms. The lowest BCUT2D eigenvalue weighted by molar-refractivity contribution is 0.163. The number of thiazole rings is 1. The molecule has 96 valence electrons. The molecule has 0 aliphatic carbocycles. The quantitative estimate of drug-likeness (QED) is 0.901. The van der Waals surface area contributed by atoms with Gasteiger partial charge >= 0.3 is 0 Å². The maximum absolute atomic E-state index is 10.3. The minimum Gasteiger partial charge on any atom is -0.496 e. The standard InChI is InChI=1S/C14H17NO2S/c1-10-3-5-13(17-2)11(9-10)12(16)4-6-14-15-7-8-18-14/h3,5,7-9,12,16H,4,6H2,1-2H3. The molecule has 4 heteroatoms. The summed E-state index contributed by atoms with van der Waals surface area (Å²) in [6, 6.07) is 5.86. The number of aryl methyl sites for hydroxylation is 2. The van der Waals surface area contributed by atoms with Crippen molar-refractivity contribution in [2.75, 3.05) is 7.11 Å². The Bertz CT molecular complexity index is 497. The van der Waals surface area contributed by atoms with Gasteiger partial charge in [0.2, 0.25) is 0 Å². The van der Waals surface area contributed by atoms with Crippen molar-refractivity contribution < 1.29 is 9.84 Å². The second kappa shape index (κ2) is 5.98. The maximum Gasteiger partial charge on any atom is 0.124 e. The van der Waals surface area contributed by atoms with Gasteiger partial charge in [0.15, 0.2) is 0 Å². The second-order valence-electron chi connectivity index (χ2n) is 4.23. The van der Waals surface area contributed by atoms with E-state index in [-0.39, 0.29) is 0 Å². The third-order valence-corrected chi connectivity index (χ3v) is 3.70. The average molecular weight is 263 g/mol. The number of aliphatic hydroxyl groups is 1. The molecule has 1 atom stereocenters. The monoisotopic (exact) mass is 263 g/mol. The van der Waals surface area contributed by atoms with E-state index in [0.717, 1.165) is 28.3 Å². The van der Waals surface area contributed by atoms with Crippen LogP contribution in [0.2, 0.25) is 0 Å². The third-order valence-electron chi connectivity index (χ3n) is 2.86. The number of methoxy groups -OCH3 is 1. The van der Waals surface area contributed by atoms with E-state index in [2.05, 4.69) is 4.98 Å². The molecule has 0 saturated heterocycles. The van der Waals surface area contributed by atoms with Gasteiger partial charge in [0.25, 0.3) is 0 Å². The van der Waals surface area contributed by atoms with Crippen LogP contribution >= 0.6 is 11.3 Å². The van der Waals surface area contributed by atoms with Crippen molar-refractivity contribution in [2.45, 2.75) is 25.9 Å². The number of aliphatic hydroxyl groups excluding tert-OH is 1. The Morgan fingerprint density at radius 2 is 2.28 bits per heavy atom. The third kappa shape index (κ3) is 3.09. The van der Waals surface area contributed by atoms with Crippen LogP contribution in [-0.2, 0) is 6.42 Å². The van der Waals surface area contributed by atoms with Gasteiger partial charge in [-0.2, -0.15) is 0 Å². The normalized spacial score (nSPS) is 12.4. The van der Waals surface area contributed by atoms with E-state index in [9.17, 15) is 5.11 Å². The summed E-state index contributed by atoms with van der Waals surface area (Å²) in [6.45, 7) is 2.01. The number of hydrogen-bond donors (Lipinski definition) is 1. The molecule has 1 N–H and O–H groups in total. The van der Waals surface area contributed by atoms with E-state index in [1.54, 1.807) is 24.6 Å². The number of rotatable bonds is 5. The predicted octanol–water partition coefficient (Wildman–Crippen LogP) is 3.13. The summed E-state index contributed by atoms with van der Waals surface area (Å²) in [5, 5.41) is 13.3. The highest BCUT2D eigenvalue weighted by Gasteiger charge is 2.14. The molecule has 2 rings (SSSR count). The minimum absolute atomic E-state index is 0.510. The molecule has 0 saturated carbocycles. The Kier molecular flexibility index (Phi) is 4.33. The molecule has 18 heavy (non-hydrogen) atoms. The number of benzene rings is 1. The van der Waals surface area contributed by atoms with Crippen LogP contribution in [-0.4, -0.2) is 17.2 Å². The van der Waals surface area contributed by atoms with Gasteiger partial charge in [-0.15, -0.1) is 11.3 Å². The van der Waals surface area contributed by atoms with Crippen molar-refractivity contribution in [3.63, 3.8) is 0 Å². The predicted molar refractivity (Wildman–Crippen MR) is 73.1 cm³/mol. The lowest BCUT2D eigenvalue weighted by Gasteiger charge is -2.15. The van der Waals surface area contributed by atoms with Crippen LogP contribution in [0.1, 0.15) is 28.7 Å². The van der Waals surface area contributed by atoms with Gasteiger partial charge in [0, 0.05) is 23.6 Å². The SMILES string of the molecule is COc1ccc(C)cc1C(O)CCc1nccs1. The average Bonchev–Trinajstić information content (AvgIpc) is 2.89. The summed E-state index contributed by atoms with van der Waals surface area (Å²) >= 11 is 1.62. The van der Waals surface area contributed by atoms with Gasteiger partial charge in [-0.05, 0) is 25.5 Å². The zero-order valence-electron chi connectivity index (χ0n) is 10.6. The van der Waals surface area contributed by atoms with Crippen LogP contribution in [0, 0.1) is 6.92 Å². The molecule has 0 amide bonds. The number of ether oxygens (including phenoxy) is 1. The summed E-state index contributed by atoms with van der Waals surface area (Å²) in [4.78, 5) is 4.22. The lowest BCUT2D eigenvalue weighted by atomic mass is 10.0. The Morgan fingerprint density at radius 1 is 1.44 bits per heavy atom. The van der Waals surface area contributed by atoms with Crippen molar-refractivity contribution in [1.82, 2.24) is 4.98 Å². The van der Waals surface area contributed by atoms with Crippen LogP contribution in [0.15, 0.2) is 29.8 Å². The molecule has 0 spiro atoms. The molecular weight excluding hydrogens is 246 g/mol. The molecule has 1 unspecified atom stereocenters. The molecule has 0 fully saturated rings. The van der Waals surface area contributed by atoms with E-state index in [0.29, 0.717) is 6.42 Å². The molecule has 0 aliphatic heterocycles. The largest absolute Gasteiger partial charge is 0.496 e. The van der Waals surface area contributed by atoms with Crippen LogP contribution in [0.3, 0.4) is 0 Å². The molecule has 1 heterocycles. The Balaban J connectivity index is 2.08. The smallest absolute Gasteiger partial charge is 0.124 e. The van der Waals surface area contributed by atoms with E-state index >= 15 is 0 Å². The van der Waals surface area contributed by atoms with Crippen molar-refractivity contribution in [3.05, 3.63) is 45.9 Å². The fourth-order valence-electron chi connectivity index (χ4n) is 1.91. The first-order valence-corrected chi connectivity index (χ1v) is 6.79. The van der Waals surface area contributed by atoms with E-state index < -0.39 is 6.10 Å². The maximum atomic E-state index is 10.3. The molecule has 1 aromatic carbocycles.